The Morgan fingerprint density at radius 1 is 1.24 bits per heavy atom. The van der Waals surface area contributed by atoms with Crippen LogP contribution in [-0.2, 0) is 4.74 Å². The predicted molar refractivity (Wildman–Crippen MR) is 126 cm³/mol. The van der Waals surface area contributed by atoms with E-state index in [0.717, 1.165) is 18.6 Å². The topological polar surface area (TPSA) is 151 Å². The van der Waals surface area contributed by atoms with Crippen molar-refractivity contribution in [2.45, 2.75) is 67.7 Å². The summed E-state index contributed by atoms with van der Waals surface area (Å²) >= 11 is 1.56. The van der Waals surface area contributed by atoms with Crippen molar-refractivity contribution < 1.29 is 20.1 Å². The fraction of sp³-hybridized carbons (Fsp3) is 0.591. The highest BCUT2D eigenvalue weighted by atomic mass is 32.2. The van der Waals surface area contributed by atoms with Crippen molar-refractivity contribution in [3.63, 3.8) is 0 Å². The van der Waals surface area contributed by atoms with Gasteiger partial charge in [-0.25, -0.2) is 14.6 Å². The number of aliphatic hydroxyl groups excluding tert-OH is 3. The van der Waals surface area contributed by atoms with Crippen molar-refractivity contribution in [2.24, 2.45) is 0 Å². The molecule has 0 unspecified atom stereocenters. The molecule has 4 N–H and O–H groups in total. The van der Waals surface area contributed by atoms with Gasteiger partial charge in [0.05, 0.1) is 25.4 Å². The number of fused-ring (bicyclic) bond motifs is 1. The van der Waals surface area contributed by atoms with Gasteiger partial charge >= 0.3 is 0 Å². The number of hydrogen-bond donors (Lipinski definition) is 4. The quantitative estimate of drug-likeness (QED) is 0.241. The molecule has 3 aromatic heterocycles. The molecule has 182 valence electrons. The smallest absolute Gasteiger partial charge is 0.191 e. The monoisotopic (exact) mass is 487 g/mol. The average Bonchev–Trinajstić information content (AvgIpc) is 3.41. The van der Waals surface area contributed by atoms with Crippen LogP contribution in [0.15, 0.2) is 29.7 Å². The summed E-state index contributed by atoms with van der Waals surface area (Å²) in [6, 6.07) is 3.68. The molecule has 11 nitrogen and oxygen atoms in total. The highest BCUT2D eigenvalue weighted by Crippen LogP contribution is 2.43. The molecule has 2 fully saturated rings. The molecule has 0 aromatic carbocycles. The number of aromatic nitrogens is 6. The van der Waals surface area contributed by atoms with Gasteiger partial charge in [0, 0.05) is 36.5 Å². The van der Waals surface area contributed by atoms with Crippen LogP contribution in [0.5, 0.6) is 0 Å². The summed E-state index contributed by atoms with van der Waals surface area (Å²) in [5.74, 6) is 1.85. The maximum absolute atomic E-state index is 10.7. The first-order valence-corrected chi connectivity index (χ1v) is 12.6. The Morgan fingerprint density at radius 2 is 2.12 bits per heavy atom. The molecule has 0 amide bonds. The lowest BCUT2D eigenvalue weighted by Crippen LogP contribution is -2.33. The molecule has 2 aliphatic rings. The van der Waals surface area contributed by atoms with E-state index in [1.54, 1.807) is 22.6 Å². The van der Waals surface area contributed by atoms with Crippen molar-refractivity contribution in [1.82, 2.24) is 29.9 Å². The van der Waals surface area contributed by atoms with Crippen LogP contribution in [0.3, 0.4) is 0 Å². The van der Waals surface area contributed by atoms with Gasteiger partial charge in [0.25, 0.3) is 0 Å². The number of thioether (sulfide) groups is 1. The molecule has 6 atom stereocenters. The largest absolute Gasteiger partial charge is 0.394 e. The molecule has 5 rings (SSSR count). The summed E-state index contributed by atoms with van der Waals surface area (Å²) in [4.78, 5) is 13.6. The molecule has 34 heavy (non-hydrogen) atoms. The Hall–Kier alpha value is -2.38. The fourth-order valence-electron chi connectivity index (χ4n) is 4.47. The SMILES string of the molecule is CCCSc1nc(N[C@@H]2C[C@H]2c2cccnc2)c2nnn([C@@H]3C[C@H](OCCO)[C@@H](O)[C@H]3O)c2n1. The summed E-state index contributed by atoms with van der Waals surface area (Å²) in [7, 11) is 0. The predicted octanol–water partition coefficient (Wildman–Crippen LogP) is 1.13. The summed E-state index contributed by atoms with van der Waals surface area (Å²) in [5.41, 5.74) is 2.22. The zero-order chi connectivity index (χ0) is 23.7. The van der Waals surface area contributed by atoms with Gasteiger partial charge < -0.3 is 25.4 Å². The van der Waals surface area contributed by atoms with E-state index in [1.807, 2.05) is 12.3 Å². The molecule has 0 saturated heterocycles. The minimum atomic E-state index is -1.09. The lowest BCUT2D eigenvalue weighted by molar-refractivity contribution is -0.0629. The Balaban J connectivity index is 1.43. The van der Waals surface area contributed by atoms with E-state index in [-0.39, 0.29) is 19.3 Å². The van der Waals surface area contributed by atoms with Gasteiger partial charge in [-0.3, -0.25) is 4.98 Å². The standard InChI is InChI=1S/C22H29N7O4S/c1-2-8-34-22-25-20(24-14-9-13(14)12-4-3-5-23-11-12)17-21(26-22)29(28-27-17)15-10-16(33-7-6-30)19(32)18(15)31/h3-5,11,13-16,18-19,30-32H,2,6-10H2,1H3,(H,24,25,26)/t13-,14+,15+,16-,18-,19+/m0/s1. The maximum atomic E-state index is 10.7. The Kier molecular flexibility index (Phi) is 6.93. The van der Waals surface area contributed by atoms with Gasteiger partial charge in [-0.05, 0) is 24.5 Å². The molecule has 0 spiro atoms. The summed E-state index contributed by atoms with van der Waals surface area (Å²) in [6.07, 6.45) is 3.16. The molecule has 3 aromatic rings. The van der Waals surface area contributed by atoms with E-state index in [9.17, 15) is 10.2 Å². The molecular formula is C22H29N7O4S. The van der Waals surface area contributed by atoms with Crippen LogP contribution in [0.25, 0.3) is 11.2 Å². The molecule has 2 saturated carbocycles. The molecule has 2 aliphatic carbocycles. The van der Waals surface area contributed by atoms with Crippen molar-refractivity contribution in [2.75, 3.05) is 24.3 Å². The first-order chi connectivity index (χ1) is 16.6. The fourth-order valence-corrected chi connectivity index (χ4v) is 5.16. The van der Waals surface area contributed by atoms with Crippen LogP contribution in [-0.4, -0.2) is 88.6 Å². The number of rotatable bonds is 10. The maximum Gasteiger partial charge on any atom is 0.191 e. The number of nitrogens with one attached hydrogen (secondary N) is 1. The lowest BCUT2D eigenvalue weighted by Gasteiger charge is -2.17. The molecule has 3 heterocycles. The van der Waals surface area contributed by atoms with Gasteiger partial charge in [0.15, 0.2) is 22.1 Å². The number of aliphatic hydroxyl groups is 3. The Bertz CT molecular complexity index is 1120. The first kappa shape index (κ1) is 23.4. The van der Waals surface area contributed by atoms with Gasteiger partial charge in [0.2, 0.25) is 0 Å². The third-order valence-corrected chi connectivity index (χ3v) is 7.35. The van der Waals surface area contributed by atoms with Crippen molar-refractivity contribution in [3.8, 4) is 0 Å². The van der Waals surface area contributed by atoms with Gasteiger partial charge in [-0.2, -0.15) is 0 Å². The Labute approximate surface area is 201 Å². The van der Waals surface area contributed by atoms with E-state index in [4.69, 9.17) is 19.8 Å². The van der Waals surface area contributed by atoms with Crippen LogP contribution in [0, 0.1) is 0 Å². The van der Waals surface area contributed by atoms with Crippen molar-refractivity contribution in [1.29, 1.82) is 0 Å². The van der Waals surface area contributed by atoms with Crippen LogP contribution < -0.4 is 5.32 Å². The third-order valence-electron chi connectivity index (χ3n) is 6.30. The van der Waals surface area contributed by atoms with Crippen molar-refractivity contribution >= 4 is 28.7 Å². The number of ether oxygens (including phenoxy) is 1. The van der Waals surface area contributed by atoms with Gasteiger partial charge in [-0.1, -0.05) is 30.0 Å². The highest BCUT2D eigenvalue weighted by Gasteiger charge is 2.45. The van der Waals surface area contributed by atoms with E-state index < -0.39 is 24.4 Å². The molecular weight excluding hydrogens is 458 g/mol. The van der Waals surface area contributed by atoms with E-state index in [2.05, 4.69) is 33.6 Å². The van der Waals surface area contributed by atoms with Gasteiger partial charge in [-0.15, -0.1) is 5.10 Å². The third kappa shape index (κ3) is 4.60. The van der Waals surface area contributed by atoms with Crippen LogP contribution in [0.1, 0.15) is 43.7 Å². The van der Waals surface area contributed by atoms with Gasteiger partial charge in [0.1, 0.15) is 12.2 Å². The average molecular weight is 488 g/mol. The molecule has 0 bridgehead atoms. The summed E-state index contributed by atoms with van der Waals surface area (Å²) in [5, 5.41) is 42.9. The zero-order valence-corrected chi connectivity index (χ0v) is 19.7. The minimum absolute atomic E-state index is 0.0901. The number of anilines is 1. The lowest BCUT2D eigenvalue weighted by atomic mass is 10.2. The number of nitrogens with zero attached hydrogens (tertiary/aromatic N) is 6. The number of hydrogen-bond acceptors (Lipinski definition) is 11. The minimum Gasteiger partial charge on any atom is -0.394 e. The molecule has 0 aliphatic heterocycles. The highest BCUT2D eigenvalue weighted by molar-refractivity contribution is 7.99. The second-order valence-corrected chi connectivity index (χ2v) is 9.77. The molecule has 12 heteroatoms. The second kappa shape index (κ2) is 10.1. The summed E-state index contributed by atoms with van der Waals surface area (Å²) < 4.78 is 7.08. The summed E-state index contributed by atoms with van der Waals surface area (Å²) in [6.45, 7) is 2.03. The van der Waals surface area contributed by atoms with Crippen LogP contribution >= 0.6 is 11.8 Å². The van der Waals surface area contributed by atoms with E-state index >= 15 is 0 Å². The van der Waals surface area contributed by atoms with Crippen LogP contribution in [0.2, 0.25) is 0 Å². The van der Waals surface area contributed by atoms with E-state index in [0.29, 0.717) is 34.5 Å². The normalized spacial score (nSPS) is 28.5. The molecule has 0 radical (unpaired) electrons. The zero-order valence-electron chi connectivity index (χ0n) is 18.9. The Morgan fingerprint density at radius 3 is 2.88 bits per heavy atom. The van der Waals surface area contributed by atoms with Crippen molar-refractivity contribution in [3.05, 3.63) is 30.1 Å². The van der Waals surface area contributed by atoms with E-state index in [1.165, 1.54) is 5.56 Å². The van der Waals surface area contributed by atoms with Crippen LogP contribution in [0.4, 0.5) is 5.82 Å². The first-order valence-electron chi connectivity index (χ1n) is 11.6. The second-order valence-electron chi connectivity index (χ2n) is 8.71. The number of pyridine rings is 1.